The van der Waals surface area contributed by atoms with Gasteiger partial charge in [0.1, 0.15) is 0 Å². The van der Waals surface area contributed by atoms with Gasteiger partial charge < -0.3 is 21.3 Å². The van der Waals surface area contributed by atoms with E-state index in [4.69, 9.17) is 5.73 Å². The van der Waals surface area contributed by atoms with E-state index >= 15 is 0 Å². The van der Waals surface area contributed by atoms with Crippen molar-refractivity contribution in [2.75, 3.05) is 38.4 Å². The fourth-order valence-electron chi connectivity index (χ4n) is 4.66. The first-order valence-corrected chi connectivity index (χ1v) is 15.2. The Morgan fingerprint density at radius 2 is 1.77 bits per heavy atom. The van der Waals surface area contributed by atoms with Crippen LogP contribution < -0.4 is 16.4 Å². The third-order valence-electron chi connectivity index (χ3n) is 6.93. The molecule has 13 heteroatoms. The number of carbonyl (C=O) groups excluding carboxylic acids is 2. The van der Waals surface area contributed by atoms with Gasteiger partial charge in [-0.2, -0.15) is 13.2 Å². The van der Waals surface area contributed by atoms with Gasteiger partial charge in [0.25, 0.3) is 5.91 Å². The quantitative estimate of drug-likeness (QED) is 0.304. The number of alkyl halides is 3. The monoisotopic (exact) mass is 586 g/mol. The summed E-state index contributed by atoms with van der Waals surface area (Å²) in [5.41, 5.74) is 4.11. The van der Waals surface area contributed by atoms with Crippen molar-refractivity contribution in [2.24, 2.45) is 5.92 Å². The molecule has 1 saturated carbocycles. The molecule has 3 rings (SSSR count). The van der Waals surface area contributed by atoms with Crippen LogP contribution in [0.2, 0.25) is 0 Å². The average Bonchev–Trinajstić information content (AvgIpc) is 2.87. The summed E-state index contributed by atoms with van der Waals surface area (Å²) in [6.07, 6.45) is -0.911. The van der Waals surface area contributed by atoms with Crippen LogP contribution in [0, 0.1) is 5.92 Å². The Bertz CT molecular complexity index is 1290. The number of nitrogens with two attached hydrogens (primary N) is 1. The van der Waals surface area contributed by atoms with Crippen LogP contribution in [0.1, 0.15) is 35.2 Å². The molecule has 0 saturated heterocycles. The van der Waals surface area contributed by atoms with Crippen LogP contribution >= 0.6 is 11.8 Å². The smallest absolute Gasteiger partial charge is 0.398 e. The highest BCUT2D eigenvalue weighted by molar-refractivity contribution is 7.98. The van der Waals surface area contributed by atoms with E-state index < -0.39 is 46.0 Å². The Morgan fingerprint density at radius 3 is 2.36 bits per heavy atom. The Kier molecular flexibility index (Phi) is 9.94. The number of nitrogens with zero attached hydrogens (tertiary/aromatic N) is 1. The molecule has 0 bridgehead atoms. The first-order valence-electron chi connectivity index (χ1n) is 12.3. The van der Waals surface area contributed by atoms with Crippen molar-refractivity contribution in [3.8, 4) is 0 Å². The van der Waals surface area contributed by atoms with E-state index in [1.807, 2.05) is 25.3 Å². The molecule has 2 aromatic carbocycles. The van der Waals surface area contributed by atoms with Gasteiger partial charge in [0.05, 0.1) is 28.3 Å². The Balaban J connectivity index is 1.69. The van der Waals surface area contributed by atoms with E-state index in [0.29, 0.717) is 18.9 Å². The Morgan fingerprint density at radius 1 is 1.10 bits per heavy atom. The summed E-state index contributed by atoms with van der Waals surface area (Å²) in [7, 11) is 0.197. The number of hydrogen-bond acceptors (Lipinski definition) is 7. The van der Waals surface area contributed by atoms with E-state index in [0.717, 1.165) is 23.4 Å². The maximum Gasteiger partial charge on any atom is 0.416 e. The Labute approximate surface area is 230 Å². The molecule has 1 aliphatic rings. The van der Waals surface area contributed by atoms with Crippen molar-refractivity contribution in [3.63, 3.8) is 0 Å². The molecular weight excluding hydrogens is 553 g/mol. The van der Waals surface area contributed by atoms with Gasteiger partial charge in [-0.3, -0.25) is 9.59 Å². The highest BCUT2D eigenvalue weighted by atomic mass is 32.2. The summed E-state index contributed by atoms with van der Waals surface area (Å²) < 4.78 is 65.5. The molecule has 0 heterocycles. The maximum atomic E-state index is 13.2. The molecular formula is C26H33F3N4O4S2. The molecule has 1 aliphatic carbocycles. The van der Waals surface area contributed by atoms with Crippen molar-refractivity contribution in [1.82, 2.24) is 15.5 Å². The SMILES string of the molecule is CSc1ccc(S(=O)(=O)C[C@@H]2CC[C@@H](N(C)C)C[C@@H]2NC(=O)CNC(=O)c2cc(C(F)(F)F)ccc2N)cc1. The lowest BCUT2D eigenvalue weighted by atomic mass is 9.82. The minimum absolute atomic E-state index is 0.120. The molecule has 2 amide bonds. The van der Waals surface area contributed by atoms with Crippen molar-refractivity contribution in [1.29, 1.82) is 0 Å². The predicted octanol–water partition coefficient (Wildman–Crippen LogP) is 3.43. The van der Waals surface area contributed by atoms with E-state index in [1.165, 1.54) is 11.8 Å². The van der Waals surface area contributed by atoms with Gasteiger partial charge in [-0.05, 0) is 88.0 Å². The fraction of sp³-hybridized carbons (Fsp3) is 0.462. The number of thioether (sulfide) groups is 1. The van der Waals surface area contributed by atoms with Crippen molar-refractivity contribution in [2.45, 2.75) is 47.3 Å². The normalized spacial score (nSPS) is 20.0. The molecule has 0 aliphatic heterocycles. The predicted molar refractivity (Wildman–Crippen MR) is 145 cm³/mol. The lowest BCUT2D eigenvalue weighted by Gasteiger charge is -2.39. The molecule has 8 nitrogen and oxygen atoms in total. The van der Waals surface area contributed by atoms with Gasteiger partial charge in [-0.1, -0.05) is 0 Å². The number of rotatable bonds is 9. The highest BCUT2D eigenvalue weighted by Gasteiger charge is 2.36. The van der Waals surface area contributed by atoms with Crippen LogP contribution in [0.3, 0.4) is 0 Å². The third kappa shape index (κ3) is 8.12. The highest BCUT2D eigenvalue weighted by Crippen LogP contribution is 2.32. The van der Waals surface area contributed by atoms with Crippen molar-refractivity contribution < 1.29 is 31.2 Å². The molecule has 0 spiro atoms. The number of amides is 2. The summed E-state index contributed by atoms with van der Waals surface area (Å²) in [5, 5.41) is 5.16. The second-order valence-corrected chi connectivity index (χ2v) is 12.7. The number of halogens is 3. The summed E-state index contributed by atoms with van der Waals surface area (Å²) in [5.74, 6) is -2.00. The van der Waals surface area contributed by atoms with Crippen LogP contribution in [0.15, 0.2) is 52.3 Å². The largest absolute Gasteiger partial charge is 0.416 e. The summed E-state index contributed by atoms with van der Waals surface area (Å²) in [6, 6.07) is 8.70. The second-order valence-electron chi connectivity index (χ2n) is 9.80. The lowest BCUT2D eigenvalue weighted by molar-refractivity contribution is -0.137. The van der Waals surface area contributed by atoms with Gasteiger partial charge in [0, 0.05) is 22.7 Å². The zero-order chi connectivity index (χ0) is 29.0. The van der Waals surface area contributed by atoms with Crippen LogP contribution in [-0.4, -0.2) is 69.9 Å². The van der Waals surface area contributed by atoms with Crippen LogP contribution in [0.4, 0.5) is 18.9 Å². The number of anilines is 1. The van der Waals surface area contributed by atoms with E-state index in [-0.39, 0.29) is 33.9 Å². The third-order valence-corrected chi connectivity index (χ3v) is 9.53. The summed E-state index contributed by atoms with van der Waals surface area (Å²) in [6.45, 7) is -0.507. The van der Waals surface area contributed by atoms with Crippen molar-refractivity contribution >= 4 is 39.1 Å². The number of nitrogens with one attached hydrogen (secondary N) is 2. The fourth-order valence-corrected chi connectivity index (χ4v) is 6.77. The van der Waals surface area contributed by atoms with Gasteiger partial charge in [0.2, 0.25) is 5.91 Å². The number of benzene rings is 2. The van der Waals surface area contributed by atoms with Gasteiger partial charge in [-0.25, -0.2) is 8.42 Å². The standard InChI is InChI=1S/C26H33F3N4O4S2/c1-33(2)18-6-4-16(15-39(36,37)20-9-7-19(38-3)8-10-20)23(13-18)32-24(34)14-31-25(35)21-12-17(26(27,28)29)5-11-22(21)30/h5,7-12,16,18,23H,4,6,13-15,30H2,1-3H3,(H,31,35)(H,32,34)/t16-,18+,23-/m0/s1. The van der Waals surface area contributed by atoms with Crippen LogP contribution in [-0.2, 0) is 20.8 Å². The molecule has 2 aromatic rings. The minimum atomic E-state index is -4.66. The molecule has 3 atom stereocenters. The minimum Gasteiger partial charge on any atom is -0.398 e. The van der Waals surface area contributed by atoms with Crippen molar-refractivity contribution in [3.05, 3.63) is 53.6 Å². The number of hydrogen-bond donors (Lipinski definition) is 3. The molecule has 1 fully saturated rings. The number of nitrogen functional groups attached to an aromatic ring is 1. The van der Waals surface area contributed by atoms with Crippen LogP contribution in [0.5, 0.6) is 0 Å². The van der Waals surface area contributed by atoms with Gasteiger partial charge in [-0.15, -0.1) is 11.8 Å². The topological polar surface area (TPSA) is 122 Å². The molecule has 39 heavy (non-hydrogen) atoms. The molecule has 0 unspecified atom stereocenters. The van der Waals surface area contributed by atoms with Crippen LogP contribution in [0.25, 0.3) is 0 Å². The Hall–Kier alpha value is -2.77. The molecule has 0 aromatic heterocycles. The van der Waals surface area contributed by atoms with E-state index in [9.17, 15) is 31.2 Å². The summed E-state index contributed by atoms with van der Waals surface area (Å²) >= 11 is 1.51. The number of sulfone groups is 1. The molecule has 0 radical (unpaired) electrons. The van der Waals surface area contributed by atoms with Gasteiger partial charge in [0.15, 0.2) is 9.84 Å². The molecule has 214 valence electrons. The zero-order valence-electron chi connectivity index (χ0n) is 21.9. The number of carbonyl (C=O) groups is 2. The lowest BCUT2D eigenvalue weighted by Crippen LogP contribution is -2.52. The first-order chi connectivity index (χ1) is 18.2. The average molecular weight is 587 g/mol. The van der Waals surface area contributed by atoms with E-state index in [2.05, 4.69) is 10.6 Å². The zero-order valence-corrected chi connectivity index (χ0v) is 23.5. The summed E-state index contributed by atoms with van der Waals surface area (Å²) in [4.78, 5) is 28.5. The maximum absolute atomic E-state index is 13.2. The van der Waals surface area contributed by atoms with E-state index in [1.54, 1.807) is 24.3 Å². The first kappa shape index (κ1) is 30.8. The van der Waals surface area contributed by atoms with Gasteiger partial charge >= 0.3 is 6.18 Å². The molecule has 4 N–H and O–H groups in total. The second kappa shape index (κ2) is 12.6.